The molecule has 18 heavy (non-hydrogen) atoms. The quantitative estimate of drug-likeness (QED) is 0.457. The van der Waals surface area contributed by atoms with Crippen molar-refractivity contribution >= 4 is 0 Å². The van der Waals surface area contributed by atoms with Gasteiger partial charge in [0.1, 0.15) is 6.10 Å². The van der Waals surface area contributed by atoms with Crippen molar-refractivity contribution in [2.24, 2.45) is 5.11 Å². The Hall–Kier alpha value is -1.59. The molecule has 1 aromatic carbocycles. The lowest BCUT2D eigenvalue weighted by molar-refractivity contribution is -0.404. The van der Waals surface area contributed by atoms with Crippen LogP contribution < -0.4 is 0 Å². The first-order valence-electron chi connectivity index (χ1n) is 6.05. The lowest BCUT2D eigenvalue weighted by Crippen LogP contribution is -2.44. The van der Waals surface area contributed by atoms with Crippen LogP contribution in [0.15, 0.2) is 35.4 Å². The number of nitrogens with zero attached hydrogens (tertiary/aromatic N) is 4. The molecule has 0 amide bonds. The van der Waals surface area contributed by atoms with Crippen LogP contribution in [-0.4, -0.2) is 17.5 Å². The number of hydroxylamine groups is 2. The van der Waals surface area contributed by atoms with E-state index in [9.17, 15) is 0 Å². The summed E-state index contributed by atoms with van der Waals surface area (Å²) >= 11 is 0. The molecular weight excluding hydrogens is 232 g/mol. The van der Waals surface area contributed by atoms with E-state index in [4.69, 9.17) is 15.2 Å². The predicted molar refractivity (Wildman–Crippen MR) is 63.8 cm³/mol. The van der Waals surface area contributed by atoms with E-state index in [1.165, 1.54) is 5.23 Å². The average Bonchev–Trinajstić information content (AvgIpc) is 2.79. The summed E-state index contributed by atoms with van der Waals surface area (Å²) in [6.07, 6.45) is 2.15. The number of fused-ring (bicyclic) bond motifs is 1. The van der Waals surface area contributed by atoms with Crippen molar-refractivity contribution in [2.45, 2.75) is 31.0 Å². The van der Waals surface area contributed by atoms with Gasteiger partial charge in [0.15, 0.2) is 5.66 Å². The van der Waals surface area contributed by atoms with Gasteiger partial charge in [0.2, 0.25) is 0 Å². The zero-order chi connectivity index (χ0) is 12.4. The molecule has 0 unspecified atom stereocenters. The van der Waals surface area contributed by atoms with Crippen LogP contribution in [0.25, 0.3) is 10.4 Å². The molecule has 0 N–H and O–H groups in total. The lowest BCUT2D eigenvalue weighted by atomic mass is 9.95. The molecule has 0 saturated carbocycles. The van der Waals surface area contributed by atoms with Crippen molar-refractivity contribution < 1.29 is 9.68 Å². The Morgan fingerprint density at radius 1 is 1.39 bits per heavy atom. The maximum atomic E-state index is 8.74. The van der Waals surface area contributed by atoms with Crippen molar-refractivity contribution in [1.29, 1.82) is 0 Å². The Bertz CT molecular complexity index is 474. The molecule has 2 heterocycles. The molecule has 6 nitrogen and oxygen atoms in total. The molecule has 3 rings (SSSR count). The highest BCUT2D eigenvalue weighted by atomic mass is 17.0. The third kappa shape index (κ3) is 1.85. The number of benzene rings is 1. The number of rotatable bonds is 2. The molecular formula is C12H14N4O2. The normalized spacial score (nSPS) is 31.7. The van der Waals surface area contributed by atoms with Gasteiger partial charge in [-0.2, -0.15) is 0 Å². The molecule has 94 valence electrons. The molecule has 2 saturated heterocycles. The SMILES string of the molecule is [N-]=[N+]=N[C@]12CCCON1O[C@H](c1ccccc1)C2. The number of hydrogen-bond acceptors (Lipinski definition) is 4. The first-order chi connectivity index (χ1) is 8.84. The summed E-state index contributed by atoms with van der Waals surface area (Å²) < 4.78 is 0. The monoisotopic (exact) mass is 246 g/mol. The minimum atomic E-state index is -0.687. The zero-order valence-corrected chi connectivity index (χ0v) is 9.90. The van der Waals surface area contributed by atoms with Gasteiger partial charge < -0.3 is 0 Å². The molecule has 0 spiro atoms. The van der Waals surface area contributed by atoms with Crippen molar-refractivity contribution in [3.63, 3.8) is 0 Å². The Balaban J connectivity index is 1.88. The van der Waals surface area contributed by atoms with E-state index in [0.29, 0.717) is 13.0 Å². The van der Waals surface area contributed by atoms with E-state index < -0.39 is 5.66 Å². The van der Waals surface area contributed by atoms with Crippen molar-refractivity contribution in [1.82, 2.24) is 5.23 Å². The van der Waals surface area contributed by atoms with Crippen LogP contribution in [-0.2, 0) is 9.68 Å². The summed E-state index contributed by atoms with van der Waals surface area (Å²) in [6, 6.07) is 9.92. The molecule has 0 aliphatic carbocycles. The number of hydrogen-bond donors (Lipinski definition) is 0. The van der Waals surface area contributed by atoms with Crippen LogP contribution in [0.4, 0.5) is 0 Å². The molecule has 6 heteroatoms. The van der Waals surface area contributed by atoms with Gasteiger partial charge in [-0.3, -0.25) is 9.68 Å². The van der Waals surface area contributed by atoms with Gasteiger partial charge in [0, 0.05) is 11.3 Å². The van der Waals surface area contributed by atoms with Crippen LogP contribution in [0, 0.1) is 0 Å². The average molecular weight is 246 g/mol. The van der Waals surface area contributed by atoms with Gasteiger partial charge in [-0.25, -0.2) is 0 Å². The summed E-state index contributed by atoms with van der Waals surface area (Å²) in [5.41, 5.74) is 9.12. The largest absolute Gasteiger partial charge is 0.274 e. The highest BCUT2D eigenvalue weighted by Gasteiger charge is 2.50. The minimum Gasteiger partial charge on any atom is -0.274 e. The van der Waals surface area contributed by atoms with Gasteiger partial charge in [-0.1, -0.05) is 40.7 Å². The van der Waals surface area contributed by atoms with Crippen molar-refractivity contribution in [2.75, 3.05) is 6.61 Å². The van der Waals surface area contributed by atoms with Crippen LogP contribution in [0.2, 0.25) is 0 Å². The van der Waals surface area contributed by atoms with E-state index in [1.54, 1.807) is 0 Å². The van der Waals surface area contributed by atoms with Gasteiger partial charge in [-0.15, -0.1) is 0 Å². The maximum absolute atomic E-state index is 8.74. The van der Waals surface area contributed by atoms with Gasteiger partial charge in [0.25, 0.3) is 0 Å². The Morgan fingerprint density at radius 3 is 3.00 bits per heavy atom. The van der Waals surface area contributed by atoms with Crippen molar-refractivity contribution in [3.8, 4) is 0 Å². The highest BCUT2D eigenvalue weighted by molar-refractivity contribution is 5.19. The van der Waals surface area contributed by atoms with E-state index in [0.717, 1.165) is 18.4 Å². The Kier molecular flexibility index (Phi) is 2.93. The smallest absolute Gasteiger partial charge is 0.155 e. The molecule has 0 radical (unpaired) electrons. The predicted octanol–water partition coefficient (Wildman–Crippen LogP) is 3.10. The van der Waals surface area contributed by atoms with Crippen LogP contribution in [0.3, 0.4) is 0 Å². The molecule has 0 bridgehead atoms. The van der Waals surface area contributed by atoms with Gasteiger partial charge >= 0.3 is 0 Å². The molecule has 0 aromatic heterocycles. The lowest BCUT2D eigenvalue weighted by Gasteiger charge is -2.34. The standard InChI is InChI=1S/C12H14N4O2/c13-15-14-12-7-4-8-17-16(12)18-11(9-12)10-5-2-1-3-6-10/h1-3,5-6,11H,4,7-9H2/t11-,12+/m0/s1. The second-order valence-corrected chi connectivity index (χ2v) is 4.57. The fourth-order valence-electron chi connectivity index (χ4n) is 2.53. The van der Waals surface area contributed by atoms with Crippen LogP contribution >= 0.6 is 0 Å². The summed E-state index contributed by atoms with van der Waals surface area (Å²) in [7, 11) is 0. The fraction of sp³-hybridized carbons (Fsp3) is 0.500. The van der Waals surface area contributed by atoms with E-state index in [-0.39, 0.29) is 6.10 Å². The van der Waals surface area contributed by atoms with Crippen molar-refractivity contribution in [3.05, 3.63) is 46.3 Å². The second-order valence-electron chi connectivity index (χ2n) is 4.57. The van der Waals surface area contributed by atoms with Gasteiger partial charge in [-0.05, 0) is 23.9 Å². The van der Waals surface area contributed by atoms with Crippen LogP contribution in [0.5, 0.6) is 0 Å². The summed E-state index contributed by atoms with van der Waals surface area (Å²) in [5, 5.41) is 5.31. The van der Waals surface area contributed by atoms with E-state index in [2.05, 4.69) is 10.0 Å². The summed E-state index contributed by atoms with van der Waals surface area (Å²) in [5.74, 6) is 0. The van der Waals surface area contributed by atoms with E-state index >= 15 is 0 Å². The highest BCUT2D eigenvalue weighted by Crippen LogP contribution is 2.45. The third-order valence-electron chi connectivity index (χ3n) is 3.41. The molecule has 2 fully saturated rings. The Labute approximate surface area is 105 Å². The zero-order valence-electron chi connectivity index (χ0n) is 9.90. The van der Waals surface area contributed by atoms with Crippen LogP contribution in [0.1, 0.15) is 30.9 Å². The molecule has 2 aliphatic heterocycles. The summed E-state index contributed by atoms with van der Waals surface area (Å²) in [6.45, 7) is 0.601. The molecule has 2 atom stereocenters. The first kappa shape index (κ1) is 11.5. The Morgan fingerprint density at radius 2 is 2.22 bits per heavy atom. The molecule has 1 aromatic rings. The second kappa shape index (κ2) is 4.59. The van der Waals surface area contributed by atoms with Gasteiger partial charge in [0.05, 0.1) is 6.61 Å². The summed E-state index contributed by atoms with van der Waals surface area (Å²) in [4.78, 5) is 14.2. The molecule has 2 aliphatic rings. The maximum Gasteiger partial charge on any atom is 0.155 e. The van der Waals surface area contributed by atoms with E-state index in [1.807, 2.05) is 30.3 Å². The number of azide groups is 1. The third-order valence-corrected chi connectivity index (χ3v) is 3.41. The first-order valence-corrected chi connectivity index (χ1v) is 6.05. The fourth-order valence-corrected chi connectivity index (χ4v) is 2.53. The topological polar surface area (TPSA) is 70.5 Å². The minimum absolute atomic E-state index is 0.116.